The quantitative estimate of drug-likeness (QED) is 0.0372. The van der Waals surface area contributed by atoms with Gasteiger partial charge in [0.15, 0.2) is 0 Å². The summed E-state index contributed by atoms with van der Waals surface area (Å²) in [5, 5.41) is 0. The van der Waals surface area contributed by atoms with Crippen LogP contribution >= 0.6 is 0 Å². The maximum absolute atomic E-state index is 12.4. The van der Waals surface area contributed by atoms with Crippen molar-refractivity contribution in [1.82, 2.24) is 4.90 Å². The Morgan fingerprint density at radius 2 is 1.02 bits per heavy atom. The van der Waals surface area contributed by atoms with E-state index in [2.05, 4.69) is 43.1 Å². The lowest BCUT2D eigenvalue weighted by Gasteiger charge is -2.18. The number of carbonyl (C=O) groups is 3. The first kappa shape index (κ1) is 39.8. The summed E-state index contributed by atoms with van der Waals surface area (Å²) in [6, 6.07) is 0. The van der Waals surface area contributed by atoms with Crippen LogP contribution in [0.4, 0.5) is 0 Å². The Bertz CT molecular complexity index is 672. The maximum Gasteiger partial charge on any atom is 0.306 e. The van der Waals surface area contributed by atoms with Gasteiger partial charge in [-0.3, -0.25) is 14.4 Å². The van der Waals surface area contributed by atoms with Crippen LogP contribution in [0.3, 0.4) is 0 Å². The van der Waals surface area contributed by atoms with E-state index in [1.165, 1.54) is 25.7 Å². The lowest BCUT2D eigenvalue weighted by molar-refractivity contribution is -0.150. The van der Waals surface area contributed by atoms with Gasteiger partial charge in [0, 0.05) is 19.3 Å². The third-order valence-corrected chi connectivity index (χ3v) is 6.98. The number of nitrogens with zero attached hydrogens (tertiary/aromatic N) is 1. The molecular weight excluding hydrogens is 530 g/mol. The minimum Gasteiger partial charge on any atom is -0.465 e. The molecule has 0 aliphatic heterocycles. The molecule has 0 saturated carbocycles. The van der Waals surface area contributed by atoms with Crippen LogP contribution in [0.2, 0.25) is 0 Å². The van der Waals surface area contributed by atoms with Gasteiger partial charge in [0.25, 0.3) is 0 Å². The van der Waals surface area contributed by atoms with E-state index < -0.39 is 0 Å². The van der Waals surface area contributed by atoms with Crippen LogP contribution in [0.5, 0.6) is 0 Å². The Balaban J connectivity index is 4.22. The molecule has 0 N–H and O–H groups in total. The molecule has 0 spiro atoms. The lowest BCUT2D eigenvalue weighted by Crippen LogP contribution is -2.20. The maximum atomic E-state index is 12.4. The van der Waals surface area contributed by atoms with Crippen molar-refractivity contribution in [3.63, 3.8) is 0 Å². The molecule has 7 nitrogen and oxygen atoms in total. The van der Waals surface area contributed by atoms with E-state index in [1.807, 2.05) is 14.1 Å². The molecule has 0 aliphatic carbocycles. The molecule has 0 heterocycles. The first-order valence-corrected chi connectivity index (χ1v) is 16.8. The van der Waals surface area contributed by atoms with Crippen LogP contribution < -0.4 is 0 Å². The summed E-state index contributed by atoms with van der Waals surface area (Å²) in [7, 11) is 3.99. The summed E-state index contributed by atoms with van der Waals surface area (Å²) in [4.78, 5) is 38.5. The molecule has 0 aliphatic rings. The van der Waals surface area contributed by atoms with Gasteiger partial charge in [-0.15, -0.1) is 0 Å². The lowest BCUT2D eigenvalue weighted by atomic mass is 10.0. The second-order valence-electron chi connectivity index (χ2n) is 11.5. The van der Waals surface area contributed by atoms with Crippen LogP contribution in [-0.4, -0.2) is 62.8 Å². The number of allylic oxidation sites excluding steroid dienone is 2. The molecule has 7 heteroatoms. The molecule has 0 saturated heterocycles. The van der Waals surface area contributed by atoms with Gasteiger partial charge < -0.3 is 19.1 Å². The second-order valence-corrected chi connectivity index (χ2v) is 11.5. The normalized spacial score (nSPS) is 11.7. The van der Waals surface area contributed by atoms with Gasteiger partial charge >= 0.3 is 17.9 Å². The fraction of sp³-hybridized carbons (Fsp3) is 0.800. The largest absolute Gasteiger partial charge is 0.465 e. The van der Waals surface area contributed by atoms with Crippen LogP contribution in [0.25, 0.3) is 0 Å². The van der Waals surface area contributed by atoms with Gasteiger partial charge in [-0.25, -0.2) is 0 Å². The number of unbranched alkanes of at least 4 members (excludes halogenated alkanes) is 8. The molecular formula is C35H63NO6. The van der Waals surface area contributed by atoms with Crippen molar-refractivity contribution in [1.29, 1.82) is 0 Å². The number of ether oxygens (including phenoxy) is 3. The highest BCUT2D eigenvalue weighted by Gasteiger charge is 2.15. The number of carbonyl (C=O) groups excluding carboxylic acids is 3. The molecule has 42 heavy (non-hydrogen) atoms. The molecule has 0 radical (unpaired) electrons. The Hall–Kier alpha value is -2.15. The second kappa shape index (κ2) is 30.3. The van der Waals surface area contributed by atoms with Gasteiger partial charge in [0.2, 0.25) is 0 Å². The number of rotatable bonds is 29. The summed E-state index contributed by atoms with van der Waals surface area (Å²) >= 11 is 0. The highest BCUT2D eigenvalue weighted by molar-refractivity contribution is 5.70. The molecule has 0 atom stereocenters. The molecule has 0 aromatic carbocycles. The fourth-order valence-corrected chi connectivity index (χ4v) is 4.42. The third-order valence-electron chi connectivity index (χ3n) is 6.98. The van der Waals surface area contributed by atoms with Crippen LogP contribution in [-0.2, 0) is 28.6 Å². The molecule has 0 aromatic heterocycles. The first-order chi connectivity index (χ1) is 20.4. The molecule has 0 unspecified atom stereocenters. The zero-order chi connectivity index (χ0) is 31.1. The predicted molar refractivity (Wildman–Crippen MR) is 172 cm³/mol. The summed E-state index contributed by atoms with van der Waals surface area (Å²) in [6.07, 6.45) is 25.7. The van der Waals surface area contributed by atoms with E-state index >= 15 is 0 Å². The highest BCUT2D eigenvalue weighted by atomic mass is 16.5. The van der Waals surface area contributed by atoms with E-state index in [1.54, 1.807) is 0 Å². The van der Waals surface area contributed by atoms with E-state index in [0.29, 0.717) is 32.5 Å². The average molecular weight is 594 g/mol. The zero-order valence-electron chi connectivity index (χ0n) is 27.5. The predicted octanol–water partition coefficient (Wildman–Crippen LogP) is 8.50. The van der Waals surface area contributed by atoms with Gasteiger partial charge in [-0.1, -0.05) is 76.7 Å². The van der Waals surface area contributed by atoms with Crippen molar-refractivity contribution in [3.8, 4) is 0 Å². The van der Waals surface area contributed by atoms with Crippen molar-refractivity contribution in [2.75, 3.05) is 33.9 Å². The minimum atomic E-state index is -0.138. The molecule has 0 bridgehead atoms. The van der Waals surface area contributed by atoms with Crippen molar-refractivity contribution in [3.05, 3.63) is 24.3 Å². The Kier molecular flexibility index (Phi) is 28.8. The fourth-order valence-electron chi connectivity index (χ4n) is 4.42. The summed E-state index contributed by atoms with van der Waals surface area (Å²) in [6.45, 7) is 6.10. The molecule has 0 aromatic rings. The summed E-state index contributed by atoms with van der Waals surface area (Å²) in [5.41, 5.74) is 0. The average Bonchev–Trinajstić information content (AvgIpc) is 2.95. The van der Waals surface area contributed by atoms with Crippen LogP contribution in [0.15, 0.2) is 24.3 Å². The highest BCUT2D eigenvalue weighted by Crippen LogP contribution is 2.17. The number of hydrogen-bond acceptors (Lipinski definition) is 7. The van der Waals surface area contributed by atoms with E-state index in [9.17, 15) is 14.4 Å². The van der Waals surface area contributed by atoms with Crippen molar-refractivity contribution in [2.45, 2.75) is 148 Å². The standard InChI is InChI=1S/C35H63NO6/c1-5-7-9-11-13-21-30-40-33(37)26-19-15-17-24-32(42-35(39)28-23-29-36(3)4)25-18-16-20-27-34(38)41-31-22-14-12-10-8-6-2/h11-14,32H,5-10,15-31H2,1-4H3/b13-11-,14-12-. The van der Waals surface area contributed by atoms with Crippen molar-refractivity contribution in [2.24, 2.45) is 0 Å². The van der Waals surface area contributed by atoms with Crippen LogP contribution in [0.1, 0.15) is 142 Å². The SMILES string of the molecule is CCCC/C=C\CCOC(=O)CCCCCC(CCCCCC(=O)OCC/C=C\CCCC)OC(=O)CCCN(C)C. The van der Waals surface area contributed by atoms with Crippen LogP contribution in [0, 0.1) is 0 Å². The molecule has 0 fully saturated rings. The molecule has 0 rings (SSSR count). The smallest absolute Gasteiger partial charge is 0.306 e. The third kappa shape index (κ3) is 29.3. The molecule has 244 valence electrons. The Morgan fingerprint density at radius 3 is 1.48 bits per heavy atom. The van der Waals surface area contributed by atoms with E-state index in [4.69, 9.17) is 14.2 Å². The van der Waals surface area contributed by atoms with E-state index in [-0.39, 0.29) is 24.0 Å². The monoisotopic (exact) mass is 593 g/mol. The van der Waals surface area contributed by atoms with Crippen molar-refractivity contribution < 1.29 is 28.6 Å². The minimum absolute atomic E-state index is 0.116. The van der Waals surface area contributed by atoms with Gasteiger partial charge in [0.05, 0.1) is 13.2 Å². The molecule has 0 amide bonds. The van der Waals surface area contributed by atoms with Crippen molar-refractivity contribution >= 4 is 17.9 Å². The van der Waals surface area contributed by atoms with Gasteiger partial charge in [-0.2, -0.15) is 0 Å². The topological polar surface area (TPSA) is 82.1 Å². The Morgan fingerprint density at radius 1 is 0.571 bits per heavy atom. The zero-order valence-corrected chi connectivity index (χ0v) is 27.5. The summed E-state index contributed by atoms with van der Waals surface area (Å²) < 4.78 is 16.5. The van der Waals surface area contributed by atoms with Gasteiger partial charge in [-0.05, 0) is 91.3 Å². The number of esters is 3. The summed E-state index contributed by atoms with van der Waals surface area (Å²) in [5.74, 6) is -0.410. The van der Waals surface area contributed by atoms with E-state index in [0.717, 1.165) is 90.0 Å². The Labute approximate surface area is 257 Å². The number of hydrogen-bond donors (Lipinski definition) is 0. The van der Waals surface area contributed by atoms with Gasteiger partial charge in [0.1, 0.15) is 6.10 Å². The first-order valence-electron chi connectivity index (χ1n) is 16.8.